The van der Waals surface area contributed by atoms with Crippen LogP contribution < -0.4 is 20.1 Å². The molecule has 0 saturated carbocycles. The topological polar surface area (TPSA) is 102 Å². The molecule has 0 saturated heterocycles. The molecule has 0 bridgehead atoms. The summed E-state index contributed by atoms with van der Waals surface area (Å²) in [5.74, 6) is -0.719. The van der Waals surface area contributed by atoms with Crippen LogP contribution in [0.5, 0.6) is 11.5 Å². The summed E-state index contributed by atoms with van der Waals surface area (Å²) in [5, 5.41) is 8.65. The van der Waals surface area contributed by atoms with E-state index in [0.29, 0.717) is 10.0 Å². The first kappa shape index (κ1) is 33.7. The van der Waals surface area contributed by atoms with Gasteiger partial charge in [-0.1, -0.05) is 88.9 Å². The van der Waals surface area contributed by atoms with Gasteiger partial charge in [0.15, 0.2) is 5.13 Å². The van der Waals surface area contributed by atoms with Crippen LogP contribution in [-0.4, -0.2) is 21.8 Å². The number of aryl methyl sites for hydroxylation is 2. The molecule has 0 aliphatic rings. The average molecular weight is 710 g/mol. The van der Waals surface area contributed by atoms with E-state index in [-0.39, 0.29) is 33.6 Å². The lowest BCUT2D eigenvalue weighted by Crippen LogP contribution is -2.67. The summed E-state index contributed by atoms with van der Waals surface area (Å²) in [6, 6.07) is 32.4. The standard InChI is InChI=1S/C38H30Cl2N4O4S/c1-25-6-18-31(19-7-25)47-37(27-10-14-29(39)15-11-27,34(45)43-33-5-3-4-22-41-33)38(28-12-16-30(40)17-13-28,35(46)44-36-42-23-24-49-36)48-32-20-8-26(2)9-21-32/h3-24H,1-2H3,(H,41,43,45)(H,42,44,46). The third-order valence-corrected chi connectivity index (χ3v) is 8.97. The first-order chi connectivity index (χ1) is 23.7. The molecular formula is C38H30Cl2N4O4S. The molecule has 2 heterocycles. The van der Waals surface area contributed by atoms with Crippen molar-refractivity contribution in [2.75, 3.05) is 10.6 Å². The highest BCUT2D eigenvalue weighted by molar-refractivity contribution is 7.13. The number of ether oxygens (including phenoxy) is 2. The van der Waals surface area contributed by atoms with Crippen molar-refractivity contribution in [3.63, 3.8) is 0 Å². The number of hydrogen-bond acceptors (Lipinski definition) is 7. The second-order valence-corrected chi connectivity index (χ2v) is 12.9. The van der Waals surface area contributed by atoms with E-state index < -0.39 is 23.0 Å². The Morgan fingerprint density at radius 2 is 1.10 bits per heavy atom. The molecule has 49 heavy (non-hydrogen) atoms. The maximum atomic E-state index is 15.4. The highest BCUT2D eigenvalue weighted by atomic mass is 35.5. The number of carbonyl (C=O) groups is 2. The molecule has 2 unspecified atom stereocenters. The van der Waals surface area contributed by atoms with Crippen molar-refractivity contribution in [1.29, 1.82) is 0 Å². The zero-order chi connectivity index (χ0) is 34.4. The number of rotatable bonds is 11. The molecule has 0 spiro atoms. The summed E-state index contributed by atoms with van der Waals surface area (Å²) in [7, 11) is 0. The third kappa shape index (κ3) is 7.00. The minimum absolute atomic E-state index is 0.221. The fourth-order valence-corrected chi connectivity index (χ4v) is 6.17. The molecule has 6 aromatic rings. The average Bonchev–Trinajstić information content (AvgIpc) is 3.62. The van der Waals surface area contributed by atoms with E-state index >= 15 is 9.59 Å². The minimum Gasteiger partial charge on any atom is -0.467 e. The summed E-state index contributed by atoms with van der Waals surface area (Å²) >= 11 is 14.0. The number of thiazole rings is 1. The van der Waals surface area contributed by atoms with Gasteiger partial charge in [-0.05, 0) is 74.5 Å². The number of halogens is 2. The molecule has 11 heteroatoms. The number of nitrogens with zero attached hydrogens (tertiary/aromatic N) is 2. The molecule has 8 nitrogen and oxygen atoms in total. The van der Waals surface area contributed by atoms with Gasteiger partial charge in [-0.15, -0.1) is 11.3 Å². The Hall–Kier alpha value is -5.22. The quantitative estimate of drug-likeness (QED) is 0.139. The lowest BCUT2D eigenvalue weighted by Gasteiger charge is -2.47. The number of hydrogen-bond donors (Lipinski definition) is 2. The monoisotopic (exact) mass is 708 g/mol. The van der Waals surface area contributed by atoms with Crippen molar-refractivity contribution in [3.8, 4) is 11.5 Å². The summed E-state index contributed by atoms with van der Waals surface area (Å²) in [4.78, 5) is 39.5. The maximum absolute atomic E-state index is 15.4. The summed E-state index contributed by atoms with van der Waals surface area (Å²) in [5.41, 5.74) is -2.22. The Labute approximate surface area is 297 Å². The van der Waals surface area contributed by atoms with Gasteiger partial charge in [0.25, 0.3) is 23.0 Å². The van der Waals surface area contributed by atoms with Gasteiger partial charge in [-0.2, -0.15) is 0 Å². The van der Waals surface area contributed by atoms with Crippen LogP contribution in [0.2, 0.25) is 10.0 Å². The van der Waals surface area contributed by atoms with E-state index in [1.54, 1.807) is 109 Å². The second-order valence-electron chi connectivity index (χ2n) is 11.2. The lowest BCUT2D eigenvalue weighted by atomic mass is 9.71. The first-order valence-corrected chi connectivity index (χ1v) is 16.8. The van der Waals surface area contributed by atoms with E-state index in [1.807, 2.05) is 38.1 Å². The highest BCUT2D eigenvalue weighted by Gasteiger charge is 2.68. The van der Waals surface area contributed by atoms with Gasteiger partial charge in [-0.3, -0.25) is 14.9 Å². The predicted octanol–water partition coefficient (Wildman–Crippen LogP) is 8.99. The number of amides is 2. The predicted molar refractivity (Wildman–Crippen MR) is 193 cm³/mol. The lowest BCUT2D eigenvalue weighted by molar-refractivity contribution is -0.172. The van der Waals surface area contributed by atoms with E-state index in [9.17, 15) is 0 Å². The van der Waals surface area contributed by atoms with Gasteiger partial charge < -0.3 is 14.8 Å². The molecular weight excluding hydrogens is 679 g/mol. The molecule has 246 valence electrons. The number of pyridine rings is 1. The van der Waals surface area contributed by atoms with Gasteiger partial charge >= 0.3 is 0 Å². The van der Waals surface area contributed by atoms with Crippen LogP contribution in [-0.2, 0) is 20.8 Å². The van der Waals surface area contributed by atoms with E-state index in [2.05, 4.69) is 20.6 Å². The third-order valence-electron chi connectivity index (χ3n) is 7.78. The number of benzene rings is 4. The van der Waals surface area contributed by atoms with Crippen LogP contribution in [0.15, 0.2) is 133 Å². The van der Waals surface area contributed by atoms with Gasteiger partial charge in [0.1, 0.15) is 17.3 Å². The van der Waals surface area contributed by atoms with Crippen LogP contribution in [0, 0.1) is 13.8 Å². The molecule has 2 aromatic heterocycles. The van der Waals surface area contributed by atoms with Crippen LogP contribution in [0.3, 0.4) is 0 Å². The fraction of sp³-hybridized carbons (Fsp3) is 0.105. The molecule has 0 aliphatic carbocycles. The zero-order valence-corrected chi connectivity index (χ0v) is 28.7. The number of aromatic nitrogens is 2. The number of nitrogens with one attached hydrogen (secondary N) is 2. The highest BCUT2D eigenvalue weighted by Crippen LogP contribution is 2.49. The second kappa shape index (κ2) is 14.5. The maximum Gasteiger partial charge on any atom is 0.280 e. The van der Waals surface area contributed by atoms with Gasteiger partial charge in [-0.25, -0.2) is 9.97 Å². The van der Waals surface area contributed by atoms with Crippen LogP contribution >= 0.6 is 34.5 Å². The molecule has 2 N–H and O–H groups in total. The zero-order valence-electron chi connectivity index (χ0n) is 26.4. The molecule has 0 radical (unpaired) electrons. The van der Waals surface area contributed by atoms with Crippen molar-refractivity contribution in [3.05, 3.63) is 165 Å². The Kier molecular flexibility index (Phi) is 9.96. The van der Waals surface area contributed by atoms with Crippen LogP contribution in [0.1, 0.15) is 22.3 Å². The minimum atomic E-state index is -2.33. The van der Waals surface area contributed by atoms with Crippen molar-refractivity contribution < 1.29 is 19.1 Å². The van der Waals surface area contributed by atoms with Crippen molar-refractivity contribution in [1.82, 2.24) is 9.97 Å². The fourth-order valence-electron chi connectivity index (χ4n) is 5.39. The van der Waals surface area contributed by atoms with Gasteiger partial charge in [0.05, 0.1) is 0 Å². The van der Waals surface area contributed by atoms with Gasteiger partial charge in [0, 0.05) is 38.9 Å². The normalized spacial score (nSPS) is 13.4. The van der Waals surface area contributed by atoms with E-state index in [0.717, 1.165) is 11.1 Å². The largest absolute Gasteiger partial charge is 0.467 e. The molecule has 2 amide bonds. The first-order valence-electron chi connectivity index (χ1n) is 15.2. The smallest absolute Gasteiger partial charge is 0.280 e. The summed E-state index contributed by atoms with van der Waals surface area (Å²) in [6.07, 6.45) is 3.11. The van der Waals surface area contributed by atoms with Crippen molar-refractivity contribution in [2.45, 2.75) is 25.0 Å². The van der Waals surface area contributed by atoms with Crippen molar-refractivity contribution in [2.24, 2.45) is 0 Å². The molecule has 0 fully saturated rings. The summed E-state index contributed by atoms with van der Waals surface area (Å²) < 4.78 is 14.0. The van der Waals surface area contributed by atoms with E-state index in [4.69, 9.17) is 32.7 Å². The SMILES string of the molecule is Cc1ccc(OC(C(=O)Nc2ccccn2)(c2ccc(Cl)cc2)C(Oc2ccc(C)cc2)(C(=O)Nc2nccs2)c2ccc(Cl)cc2)cc1. The van der Waals surface area contributed by atoms with Crippen LogP contribution in [0.4, 0.5) is 10.9 Å². The molecule has 2 atom stereocenters. The molecule has 0 aliphatic heterocycles. The number of carbonyl (C=O) groups excluding carboxylic acids is 2. The Morgan fingerprint density at radius 3 is 1.53 bits per heavy atom. The Morgan fingerprint density at radius 1 is 0.612 bits per heavy atom. The molecule has 4 aromatic carbocycles. The van der Waals surface area contributed by atoms with Crippen LogP contribution in [0.25, 0.3) is 0 Å². The van der Waals surface area contributed by atoms with Gasteiger partial charge in [0.2, 0.25) is 0 Å². The summed E-state index contributed by atoms with van der Waals surface area (Å²) in [6.45, 7) is 3.87. The van der Waals surface area contributed by atoms with E-state index in [1.165, 1.54) is 11.3 Å². The Balaban J connectivity index is 1.74. The van der Waals surface area contributed by atoms with Crippen molar-refractivity contribution >= 4 is 57.3 Å². The Bertz CT molecular complexity index is 2030. The molecule has 6 rings (SSSR count). The number of anilines is 2.